The van der Waals surface area contributed by atoms with Crippen LogP contribution in [0.3, 0.4) is 0 Å². The van der Waals surface area contributed by atoms with E-state index < -0.39 is 53.2 Å². The first-order chi connectivity index (χ1) is 29.9. The van der Waals surface area contributed by atoms with Gasteiger partial charge < -0.3 is 75.0 Å². The summed E-state index contributed by atoms with van der Waals surface area (Å²) < 4.78 is 65.7. The van der Waals surface area contributed by atoms with Gasteiger partial charge in [-0.15, -0.1) is 0 Å². The third kappa shape index (κ3) is 16.2. The van der Waals surface area contributed by atoms with Crippen molar-refractivity contribution < 1.29 is 112 Å². The largest absolute Gasteiger partial charge is 0.497 e. The Hall–Kier alpha value is -1.05. The van der Waals surface area contributed by atoms with Gasteiger partial charge in [-0.2, -0.15) is 10.5 Å². The third-order valence-electron chi connectivity index (χ3n) is 11.1. The number of methoxy groups -OCH3 is 2. The van der Waals surface area contributed by atoms with Gasteiger partial charge >= 0.3 is 8.60 Å². The van der Waals surface area contributed by atoms with Crippen molar-refractivity contribution in [1.29, 1.82) is 10.5 Å². The first-order valence-corrected chi connectivity index (χ1v) is 23.4. The molecule has 2 saturated heterocycles. The molecular formula is C49H69N3O10P2Y2-4. The second-order valence-corrected chi connectivity index (χ2v) is 18.5. The van der Waals surface area contributed by atoms with Gasteiger partial charge in [-0.25, -0.2) is 4.67 Å². The van der Waals surface area contributed by atoms with Gasteiger partial charge in [0.25, 0.3) is 8.53 Å². The molecule has 0 aliphatic carbocycles. The number of hydrogen-bond acceptors (Lipinski definition) is 13. The minimum Gasteiger partial charge on any atom is -0.497 e. The summed E-state index contributed by atoms with van der Waals surface area (Å²) in [5.74, 6) is 1.16. The zero-order chi connectivity index (χ0) is 44.8. The molecule has 13 nitrogen and oxygen atoms in total. The van der Waals surface area contributed by atoms with Crippen LogP contribution >= 0.6 is 17.1 Å². The van der Waals surface area contributed by atoms with E-state index in [0.717, 1.165) is 28.2 Å². The van der Waals surface area contributed by atoms with Gasteiger partial charge in [-0.05, 0) is 80.5 Å². The van der Waals surface area contributed by atoms with Gasteiger partial charge in [0.15, 0.2) is 0 Å². The molecule has 66 heavy (non-hydrogen) atoms. The quantitative estimate of drug-likeness (QED) is 0.0364. The number of nitriles is 2. The Kier molecular flexibility index (Phi) is 29.9. The average molecular weight is 1100 g/mol. The van der Waals surface area contributed by atoms with Crippen LogP contribution in [0.15, 0.2) is 78.9 Å². The van der Waals surface area contributed by atoms with Crippen LogP contribution in [0.2, 0.25) is 0 Å². The summed E-state index contributed by atoms with van der Waals surface area (Å²) in [4.78, 5) is 0. The van der Waals surface area contributed by atoms with Gasteiger partial charge in [0.05, 0.1) is 77.8 Å². The summed E-state index contributed by atoms with van der Waals surface area (Å²) in [5.41, 5.74) is 1.58. The fraction of sp³-hybridized carbons (Fsp3) is 0.510. The molecule has 360 valence electrons. The maximum absolute atomic E-state index is 9.41. The zero-order valence-corrected chi connectivity index (χ0v) is 47.9. The Labute approximate surface area is 449 Å². The van der Waals surface area contributed by atoms with Gasteiger partial charge in [0.2, 0.25) is 0 Å². The van der Waals surface area contributed by atoms with Gasteiger partial charge in [0, 0.05) is 77.5 Å². The molecule has 5 rings (SSSR count). The molecular weight excluding hydrogens is 1030 g/mol. The molecule has 17 heteroatoms. The van der Waals surface area contributed by atoms with Crippen molar-refractivity contribution >= 4 is 17.1 Å². The molecule has 3 aromatic rings. The predicted octanol–water partition coefficient (Wildman–Crippen LogP) is 10.6. The summed E-state index contributed by atoms with van der Waals surface area (Å²) in [6.45, 7) is 21.5. The first kappa shape index (κ1) is 63.0. The molecule has 2 radical (unpaired) electrons. The second-order valence-electron chi connectivity index (χ2n) is 15.9. The van der Waals surface area contributed by atoms with Crippen LogP contribution in [0.1, 0.15) is 71.1 Å². The van der Waals surface area contributed by atoms with E-state index in [2.05, 4.69) is 58.4 Å². The predicted molar refractivity (Wildman–Crippen MR) is 251 cm³/mol. The monoisotopic (exact) mass is 1100 g/mol. The third-order valence-corrected chi connectivity index (χ3v) is 14.4. The SMILES string of the molecule is [CH2-][C@@H]1O[C@H](COC(c2ccccc2)(c2ccc(OC)cc2)c2ccc(OC)cc2)[C@H](OP(OCCC#N)OC[C@H]2O[C@@H]([CH2-])[C@@H](C)C2OP(OCCC#N)N(C(C)C)C(C)C)[C@@H]1C.[CH3-].[CH3-].[Y].[Y]. The summed E-state index contributed by atoms with van der Waals surface area (Å²) >= 11 is 0. The molecule has 2 heterocycles. The van der Waals surface area contributed by atoms with E-state index in [0.29, 0.717) is 0 Å². The summed E-state index contributed by atoms with van der Waals surface area (Å²) in [5, 5.41) is 18.6. The van der Waals surface area contributed by atoms with E-state index in [1.165, 1.54) is 0 Å². The van der Waals surface area contributed by atoms with Gasteiger partial charge in [0.1, 0.15) is 29.3 Å². The molecule has 0 bridgehead atoms. The molecule has 0 amide bonds. The van der Waals surface area contributed by atoms with Gasteiger partial charge in [-0.3, -0.25) is 0 Å². The standard InChI is InChI=1S/C47H63N3O10P2.2CH3.2Y/c1-32(2)50(33(3)4)61(54-28-14-26-48)59-45-34(5)36(7)58-44(45)31-56-62(55-29-15-27-49)60-46-35(6)37(8)57-43(46)30-53-47(38-16-12-11-13-17-38,39-18-22-41(51-9)23-19-39)40-20-24-42(52-10)25-21-40;;;;/h11-13,16-25,32-37,43-46H,7-8,14-15,28-31H2,1-6,9-10H3;2*1H3;;/q-2;2*-1;;/t34-,35-,36+,37+,43-,44-,45?,46-,61?,62?;;;;/m1..../s1. The van der Waals surface area contributed by atoms with E-state index in [1.54, 1.807) is 14.2 Å². The summed E-state index contributed by atoms with van der Waals surface area (Å²) in [6, 6.07) is 30.3. The maximum Gasteiger partial charge on any atom is 0.333 e. The van der Waals surface area contributed by atoms with Crippen molar-refractivity contribution in [2.75, 3.05) is 40.6 Å². The number of nitrogens with zero attached hydrogens (tertiary/aromatic N) is 3. The Balaban J connectivity index is 0.00000544. The topological polar surface area (TPSA) is 143 Å². The first-order valence-electron chi connectivity index (χ1n) is 21.2. The van der Waals surface area contributed by atoms with E-state index >= 15 is 0 Å². The van der Waals surface area contributed by atoms with Crippen LogP contribution in [0, 0.1) is 63.2 Å². The van der Waals surface area contributed by atoms with E-state index in [1.807, 2.05) is 92.7 Å². The number of benzene rings is 3. The van der Waals surface area contributed by atoms with Crippen LogP contribution in [0.4, 0.5) is 0 Å². The number of hydrogen-bond donors (Lipinski definition) is 0. The molecule has 0 aromatic heterocycles. The van der Waals surface area contributed by atoms with Crippen molar-refractivity contribution in [2.24, 2.45) is 11.8 Å². The molecule has 10 atom stereocenters. The second kappa shape index (κ2) is 31.3. The normalized spacial score (nSPS) is 23.4. The Morgan fingerprint density at radius 2 is 1.09 bits per heavy atom. The zero-order valence-electron chi connectivity index (χ0n) is 40.4. The van der Waals surface area contributed by atoms with Crippen molar-refractivity contribution in [1.82, 2.24) is 4.67 Å². The molecule has 2 fully saturated rings. The minimum absolute atomic E-state index is 0. The van der Waals surface area contributed by atoms with Crippen LogP contribution in [0.25, 0.3) is 0 Å². The van der Waals surface area contributed by atoms with Crippen LogP contribution in [0.5, 0.6) is 11.5 Å². The van der Waals surface area contributed by atoms with Crippen molar-refractivity contribution in [3.05, 3.63) is 124 Å². The van der Waals surface area contributed by atoms with Crippen LogP contribution < -0.4 is 9.47 Å². The fourth-order valence-electron chi connectivity index (χ4n) is 7.73. The number of rotatable bonds is 24. The van der Waals surface area contributed by atoms with Crippen LogP contribution in [-0.2, 0) is 108 Å². The Bertz CT molecular complexity index is 1820. The minimum atomic E-state index is -2.04. The molecule has 2 aliphatic heterocycles. The number of ether oxygens (including phenoxy) is 5. The van der Waals surface area contributed by atoms with Crippen molar-refractivity contribution in [2.45, 2.75) is 109 Å². The Morgan fingerprint density at radius 1 is 0.652 bits per heavy atom. The van der Waals surface area contributed by atoms with Crippen molar-refractivity contribution in [3.8, 4) is 23.6 Å². The van der Waals surface area contributed by atoms with E-state index in [-0.39, 0.29) is 150 Å². The van der Waals surface area contributed by atoms with Gasteiger partial charge in [-0.1, -0.05) is 80.7 Å². The molecule has 0 saturated carbocycles. The van der Waals surface area contributed by atoms with E-state index in [9.17, 15) is 10.5 Å². The molecule has 0 N–H and O–H groups in total. The fourth-order valence-corrected chi connectivity index (χ4v) is 10.8. The Morgan fingerprint density at radius 3 is 1.55 bits per heavy atom. The summed E-state index contributed by atoms with van der Waals surface area (Å²) in [7, 11) is -0.315. The molecule has 2 aliphatic rings. The molecule has 0 spiro atoms. The smallest absolute Gasteiger partial charge is 0.333 e. The average Bonchev–Trinajstić information content (AvgIpc) is 3.70. The molecule has 3 aromatic carbocycles. The van der Waals surface area contributed by atoms with E-state index in [4.69, 9.17) is 46.3 Å². The molecule has 3 unspecified atom stereocenters. The summed E-state index contributed by atoms with van der Waals surface area (Å²) in [6.07, 6.45) is -2.54. The van der Waals surface area contributed by atoms with Crippen LogP contribution in [-0.4, -0.2) is 94.0 Å². The van der Waals surface area contributed by atoms with Crippen molar-refractivity contribution in [3.63, 3.8) is 0 Å². The maximum atomic E-state index is 9.41.